The van der Waals surface area contributed by atoms with E-state index in [1.807, 2.05) is 6.92 Å². The SMILES string of the molecule is CCc1nc2c(N)nc3c(c2n1CCc1ccc(C(C)N)cc1)CCCCC3. The minimum Gasteiger partial charge on any atom is -0.382 e. The van der Waals surface area contributed by atoms with Crippen molar-refractivity contribution >= 4 is 16.9 Å². The number of anilines is 1. The first kappa shape index (κ1) is 18.9. The Kier molecular flexibility index (Phi) is 5.36. The van der Waals surface area contributed by atoms with Gasteiger partial charge in [0.05, 0.1) is 5.52 Å². The van der Waals surface area contributed by atoms with E-state index in [0.29, 0.717) is 5.82 Å². The lowest BCUT2D eigenvalue weighted by atomic mass is 10.0. The van der Waals surface area contributed by atoms with Crippen molar-refractivity contribution in [2.75, 3.05) is 5.73 Å². The number of nitrogens with zero attached hydrogens (tertiary/aromatic N) is 3. The lowest BCUT2D eigenvalue weighted by Gasteiger charge is -2.14. The quantitative estimate of drug-likeness (QED) is 0.656. The Bertz CT molecular complexity index is 969. The summed E-state index contributed by atoms with van der Waals surface area (Å²) in [5, 5.41) is 0. The zero-order valence-corrected chi connectivity index (χ0v) is 17.0. The topological polar surface area (TPSA) is 82.8 Å². The molecule has 1 aliphatic carbocycles. The Morgan fingerprint density at radius 1 is 1.07 bits per heavy atom. The van der Waals surface area contributed by atoms with E-state index in [9.17, 15) is 0 Å². The first-order chi connectivity index (χ1) is 13.6. The van der Waals surface area contributed by atoms with Crippen LogP contribution in [0.5, 0.6) is 0 Å². The lowest BCUT2D eigenvalue weighted by Crippen LogP contribution is -2.09. The molecule has 0 amide bonds. The Morgan fingerprint density at radius 3 is 2.54 bits per heavy atom. The highest BCUT2D eigenvalue weighted by Crippen LogP contribution is 2.31. The zero-order chi connectivity index (χ0) is 19.7. The smallest absolute Gasteiger partial charge is 0.151 e. The van der Waals surface area contributed by atoms with E-state index < -0.39 is 0 Å². The first-order valence-electron chi connectivity index (χ1n) is 10.6. The molecule has 0 spiro atoms. The molecule has 2 aromatic heterocycles. The molecule has 5 heteroatoms. The summed E-state index contributed by atoms with van der Waals surface area (Å²) in [5.41, 5.74) is 19.5. The lowest BCUT2D eigenvalue weighted by molar-refractivity contribution is 0.669. The minimum atomic E-state index is 0.0734. The number of benzene rings is 1. The fourth-order valence-electron chi connectivity index (χ4n) is 4.37. The van der Waals surface area contributed by atoms with E-state index in [1.165, 1.54) is 47.2 Å². The second-order valence-electron chi connectivity index (χ2n) is 7.99. The summed E-state index contributed by atoms with van der Waals surface area (Å²) in [6.45, 7) is 5.09. The van der Waals surface area contributed by atoms with Gasteiger partial charge in [0.25, 0.3) is 0 Å². The van der Waals surface area contributed by atoms with Crippen LogP contribution in [-0.2, 0) is 32.2 Å². The van der Waals surface area contributed by atoms with Gasteiger partial charge < -0.3 is 16.0 Å². The van der Waals surface area contributed by atoms with Crippen molar-refractivity contribution in [2.24, 2.45) is 5.73 Å². The number of nitrogens with two attached hydrogens (primary N) is 2. The highest BCUT2D eigenvalue weighted by molar-refractivity contribution is 5.89. The van der Waals surface area contributed by atoms with Crippen molar-refractivity contribution in [3.63, 3.8) is 0 Å². The number of aromatic nitrogens is 3. The number of rotatable bonds is 5. The maximum Gasteiger partial charge on any atom is 0.151 e. The fraction of sp³-hybridized carbons (Fsp3) is 0.478. The second kappa shape index (κ2) is 7.92. The molecule has 4 N–H and O–H groups in total. The van der Waals surface area contributed by atoms with Crippen LogP contribution in [0.1, 0.15) is 67.4 Å². The van der Waals surface area contributed by atoms with Crippen LogP contribution in [0.3, 0.4) is 0 Å². The highest BCUT2D eigenvalue weighted by atomic mass is 15.1. The van der Waals surface area contributed by atoms with Crippen LogP contribution in [0.15, 0.2) is 24.3 Å². The number of pyridine rings is 1. The fourth-order valence-corrected chi connectivity index (χ4v) is 4.37. The van der Waals surface area contributed by atoms with Crippen molar-refractivity contribution in [3.8, 4) is 0 Å². The third-order valence-electron chi connectivity index (χ3n) is 5.97. The summed E-state index contributed by atoms with van der Waals surface area (Å²) in [6.07, 6.45) is 7.66. The van der Waals surface area contributed by atoms with E-state index in [4.69, 9.17) is 21.4 Å². The van der Waals surface area contributed by atoms with Crippen LogP contribution in [0, 0.1) is 0 Å². The molecule has 2 heterocycles. The Hall–Kier alpha value is -2.40. The third-order valence-corrected chi connectivity index (χ3v) is 5.97. The van der Waals surface area contributed by atoms with Crippen molar-refractivity contribution in [2.45, 2.75) is 71.4 Å². The molecule has 0 radical (unpaired) electrons. The van der Waals surface area contributed by atoms with Crippen LogP contribution >= 0.6 is 0 Å². The number of nitrogen functional groups attached to an aromatic ring is 1. The van der Waals surface area contributed by atoms with E-state index in [1.54, 1.807) is 0 Å². The predicted molar refractivity (Wildman–Crippen MR) is 115 cm³/mol. The Balaban J connectivity index is 1.72. The van der Waals surface area contributed by atoms with Gasteiger partial charge in [0.15, 0.2) is 5.82 Å². The Morgan fingerprint density at radius 2 is 1.82 bits per heavy atom. The van der Waals surface area contributed by atoms with Gasteiger partial charge in [-0.3, -0.25) is 0 Å². The summed E-state index contributed by atoms with van der Waals surface area (Å²) in [5.74, 6) is 1.69. The monoisotopic (exact) mass is 377 g/mol. The standard InChI is InChI=1S/C23H31N5/c1-3-20-27-21-22(18-7-5-4-6-8-19(18)26-23(21)25)28(20)14-13-16-9-11-17(12-10-16)15(2)24/h9-12,15H,3-8,13-14,24H2,1-2H3,(H2,25,26). The van der Waals surface area contributed by atoms with E-state index in [-0.39, 0.29) is 6.04 Å². The van der Waals surface area contributed by atoms with Crippen molar-refractivity contribution < 1.29 is 0 Å². The molecule has 1 atom stereocenters. The molecule has 0 aliphatic heterocycles. The summed E-state index contributed by atoms with van der Waals surface area (Å²) in [4.78, 5) is 9.60. The van der Waals surface area contributed by atoms with Gasteiger partial charge in [-0.1, -0.05) is 37.6 Å². The average molecular weight is 378 g/mol. The van der Waals surface area contributed by atoms with Crippen LogP contribution in [0.25, 0.3) is 11.0 Å². The summed E-state index contributed by atoms with van der Waals surface area (Å²) in [7, 11) is 0. The molecule has 1 aliphatic rings. The number of hydrogen-bond donors (Lipinski definition) is 2. The molecule has 28 heavy (non-hydrogen) atoms. The maximum absolute atomic E-state index is 6.32. The molecule has 1 aromatic carbocycles. The summed E-state index contributed by atoms with van der Waals surface area (Å²) >= 11 is 0. The molecule has 4 rings (SSSR count). The van der Waals surface area contributed by atoms with Gasteiger partial charge in [0, 0.05) is 24.7 Å². The Labute approximate surface area is 167 Å². The molecule has 1 unspecified atom stereocenters. The van der Waals surface area contributed by atoms with Crippen LogP contribution in [-0.4, -0.2) is 14.5 Å². The van der Waals surface area contributed by atoms with Gasteiger partial charge in [0.2, 0.25) is 0 Å². The highest BCUT2D eigenvalue weighted by Gasteiger charge is 2.21. The predicted octanol–water partition coefficient (Wildman–Crippen LogP) is 4.11. The van der Waals surface area contributed by atoms with Crippen LogP contribution in [0.4, 0.5) is 5.82 Å². The molecule has 3 aromatic rings. The number of imidazole rings is 1. The molecule has 0 bridgehead atoms. The largest absolute Gasteiger partial charge is 0.382 e. The molecule has 0 saturated carbocycles. The minimum absolute atomic E-state index is 0.0734. The van der Waals surface area contributed by atoms with E-state index >= 15 is 0 Å². The van der Waals surface area contributed by atoms with E-state index in [0.717, 1.165) is 43.6 Å². The maximum atomic E-state index is 6.32. The molecule has 0 saturated heterocycles. The second-order valence-corrected chi connectivity index (χ2v) is 7.99. The van der Waals surface area contributed by atoms with Crippen LogP contribution in [0.2, 0.25) is 0 Å². The van der Waals surface area contributed by atoms with Crippen molar-refractivity contribution in [1.82, 2.24) is 14.5 Å². The first-order valence-corrected chi connectivity index (χ1v) is 10.6. The summed E-state index contributed by atoms with van der Waals surface area (Å²) < 4.78 is 2.40. The average Bonchev–Trinajstić information content (AvgIpc) is 2.91. The molecule has 148 valence electrons. The van der Waals surface area contributed by atoms with Gasteiger partial charge in [-0.2, -0.15) is 0 Å². The zero-order valence-electron chi connectivity index (χ0n) is 17.0. The van der Waals surface area contributed by atoms with Crippen LogP contribution < -0.4 is 11.5 Å². The van der Waals surface area contributed by atoms with Gasteiger partial charge >= 0.3 is 0 Å². The number of aryl methyl sites for hydroxylation is 5. The third kappa shape index (κ3) is 3.51. The molecule has 0 fully saturated rings. The molecular formula is C23H31N5. The van der Waals surface area contributed by atoms with Crippen molar-refractivity contribution in [3.05, 3.63) is 52.5 Å². The number of hydrogen-bond acceptors (Lipinski definition) is 4. The summed E-state index contributed by atoms with van der Waals surface area (Å²) in [6, 6.07) is 8.74. The molecular weight excluding hydrogens is 346 g/mol. The van der Waals surface area contributed by atoms with Gasteiger partial charge in [-0.05, 0) is 55.7 Å². The van der Waals surface area contributed by atoms with E-state index in [2.05, 4.69) is 35.8 Å². The number of fused-ring (bicyclic) bond motifs is 3. The molecule has 5 nitrogen and oxygen atoms in total. The van der Waals surface area contributed by atoms with Gasteiger partial charge in [-0.15, -0.1) is 0 Å². The van der Waals surface area contributed by atoms with Crippen molar-refractivity contribution in [1.29, 1.82) is 0 Å². The van der Waals surface area contributed by atoms with Gasteiger partial charge in [-0.25, -0.2) is 9.97 Å². The normalized spacial score (nSPS) is 15.4. The van der Waals surface area contributed by atoms with Gasteiger partial charge in [0.1, 0.15) is 11.3 Å².